The summed E-state index contributed by atoms with van der Waals surface area (Å²) in [5.74, 6) is -0.667. The van der Waals surface area contributed by atoms with Gasteiger partial charge >= 0.3 is 5.97 Å². The second-order valence-electron chi connectivity index (χ2n) is 6.02. The quantitative estimate of drug-likeness (QED) is 0.718. The Bertz CT molecular complexity index is 1030. The molecule has 0 aliphatic carbocycles. The van der Waals surface area contributed by atoms with Crippen LogP contribution in [0.4, 0.5) is 4.39 Å². The molecule has 0 unspecified atom stereocenters. The molecule has 1 aliphatic heterocycles. The summed E-state index contributed by atoms with van der Waals surface area (Å²) in [6.07, 6.45) is 3.07. The topological polar surface area (TPSA) is 85.7 Å². The average Bonchev–Trinajstić information content (AvgIpc) is 3.08. The molecule has 1 saturated heterocycles. The minimum atomic E-state index is -0.796. The second-order valence-corrected chi connectivity index (χ2v) is 6.02. The molecule has 3 heterocycles. The number of rotatable bonds is 2. The maximum atomic E-state index is 14.4. The van der Waals surface area contributed by atoms with Crippen LogP contribution in [0.3, 0.4) is 0 Å². The van der Waals surface area contributed by atoms with E-state index in [1.54, 1.807) is 4.40 Å². The van der Waals surface area contributed by atoms with Crippen molar-refractivity contribution in [2.75, 3.05) is 20.3 Å². The van der Waals surface area contributed by atoms with E-state index in [9.17, 15) is 14.0 Å². The minimum absolute atomic E-state index is 0.129. The first kappa shape index (κ1) is 15.8. The first-order chi connectivity index (χ1) is 12.1. The molecule has 2 aromatic heterocycles. The maximum absolute atomic E-state index is 14.4. The lowest BCUT2D eigenvalue weighted by atomic mass is 9.99. The highest BCUT2D eigenvalue weighted by atomic mass is 19.1. The summed E-state index contributed by atoms with van der Waals surface area (Å²) < 4.78 is 26.1. The van der Waals surface area contributed by atoms with E-state index in [0.717, 1.165) is 12.8 Å². The minimum Gasteiger partial charge on any atom is -0.465 e. The number of imidazole rings is 1. The standard InChI is InChI=1S/C17H16FN3O4/c1-24-17(23)10-6-12-13(7-11(10)18)21-14(16(22)20-12)8-19-15(21)9-2-4-25-5-3-9/h6-9H,2-5H2,1H3,(H,20,22). The third kappa shape index (κ3) is 2.49. The van der Waals surface area contributed by atoms with Gasteiger partial charge in [-0.2, -0.15) is 0 Å². The Labute approximate surface area is 141 Å². The van der Waals surface area contributed by atoms with Crippen molar-refractivity contribution in [3.8, 4) is 0 Å². The molecule has 0 amide bonds. The van der Waals surface area contributed by atoms with Crippen LogP contribution in [-0.4, -0.2) is 40.7 Å². The van der Waals surface area contributed by atoms with E-state index in [2.05, 4.69) is 14.7 Å². The van der Waals surface area contributed by atoms with Crippen LogP contribution in [0.15, 0.2) is 23.1 Å². The van der Waals surface area contributed by atoms with Crippen molar-refractivity contribution in [3.05, 3.63) is 45.9 Å². The van der Waals surface area contributed by atoms with Gasteiger partial charge in [0.05, 0.1) is 29.9 Å². The van der Waals surface area contributed by atoms with Crippen LogP contribution < -0.4 is 5.56 Å². The van der Waals surface area contributed by atoms with Gasteiger partial charge in [-0.05, 0) is 18.9 Å². The van der Waals surface area contributed by atoms with Gasteiger partial charge in [0.2, 0.25) is 0 Å². The number of halogens is 1. The van der Waals surface area contributed by atoms with Gasteiger partial charge in [0, 0.05) is 25.2 Å². The zero-order valence-corrected chi connectivity index (χ0v) is 13.5. The van der Waals surface area contributed by atoms with Crippen molar-refractivity contribution >= 4 is 22.5 Å². The van der Waals surface area contributed by atoms with E-state index < -0.39 is 11.8 Å². The number of carbonyl (C=O) groups is 1. The lowest BCUT2D eigenvalue weighted by Gasteiger charge is -2.21. The molecule has 25 heavy (non-hydrogen) atoms. The summed E-state index contributed by atoms with van der Waals surface area (Å²) in [4.78, 5) is 31.2. The molecular formula is C17H16FN3O4. The Morgan fingerprint density at radius 2 is 2.12 bits per heavy atom. The molecule has 3 aromatic rings. The van der Waals surface area contributed by atoms with Crippen molar-refractivity contribution in [1.82, 2.24) is 14.4 Å². The summed E-state index contributed by atoms with van der Waals surface area (Å²) in [6.45, 7) is 1.25. The Kier molecular flexibility index (Phi) is 3.76. The molecule has 1 aliphatic rings. The molecule has 4 rings (SSSR count). The van der Waals surface area contributed by atoms with Crippen molar-refractivity contribution in [2.24, 2.45) is 0 Å². The summed E-state index contributed by atoms with van der Waals surface area (Å²) in [5.41, 5.74) is 0.585. The van der Waals surface area contributed by atoms with Gasteiger partial charge < -0.3 is 14.5 Å². The van der Waals surface area contributed by atoms with Gasteiger partial charge in [-0.25, -0.2) is 14.2 Å². The monoisotopic (exact) mass is 345 g/mol. The van der Waals surface area contributed by atoms with Gasteiger partial charge in [0.15, 0.2) is 0 Å². The molecule has 0 bridgehead atoms. The fourth-order valence-electron chi connectivity index (χ4n) is 3.32. The number of aromatic nitrogens is 3. The summed E-state index contributed by atoms with van der Waals surface area (Å²) in [7, 11) is 1.18. The van der Waals surface area contributed by atoms with Crippen molar-refractivity contribution in [2.45, 2.75) is 18.8 Å². The largest absolute Gasteiger partial charge is 0.465 e. The van der Waals surface area contributed by atoms with E-state index in [1.807, 2.05) is 0 Å². The number of hydrogen-bond donors (Lipinski definition) is 1. The molecule has 8 heteroatoms. The van der Waals surface area contributed by atoms with Gasteiger partial charge in [0.25, 0.3) is 5.56 Å². The number of carbonyl (C=O) groups excluding carboxylic acids is 1. The smallest absolute Gasteiger partial charge is 0.340 e. The highest BCUT2D eigenvalue weighted by Gasteiger charge is 2.23. The first-order valence-electron chi connectivity index (χ1n) is 7.99. The number of esters is 1. The van der Waals surface area contributed by atoms with Gasteiger partial charge in [0.1, 0.15) is 17.2 Å². The molecule has 0 radical (unpaired) electrons. The molecule has 0 saturated carbocycles. The molecule has 1 N–H and O–H groups in total. The molecule has 1 fully saturated rings. The van der Waals surface area contributed by atoms with Gasteiger partial charge in [-0.1, -0.05) is 0 Å². The zero-order valence-electron chi connectivity index (χ0n) is 13.5. The number of fused-ring (bicyclic) bond motifs is 3. The predicted molar refractivity (Wildman–Crippen MR) is 87.4 cm³/mol. The predicted octanol–water partition coefficient (Wildman–Crippen LogP) is 2.00. The number of nitrogens with one attached hydrogen (secondary N) is 1. The zero-order chi connectivity index (χ0) is 17.6. The average molecular weight is 345 g/mol. The number of methoxy groups -OCH3 is 1. The number of H-pyrrole nitrogens is 1. The van der Waals surface area contributed by atoms with Crippen molar-refractivity contribution in [1.29, 1.82) is 0 Å². The van der Waals surface area contributed by atoms with E-state index in [0.29, 0.717) is 35.6 Å². The highest BCUT2D eigenvalue weighted by molar-refractivity contribution is 5.94. The van der Waals surface area contributed by atoms with Crippen molar-refractivity contribution in [3.63, 3.8) is 0 Å². The van der Waals surface area contributed by atoms with E-state index in [-0.39, 0.29) is 17.0 Å². The fraction of sp³-hybridized carbons (Fsp3) is 0.353. The number of ether oxygens (including phenoxy) is 2. The Morgan fingerprint density at radius 3 is 2.84 bits per heavy atom. The van der Waals surface area contributed by atoms with E-state index >= 15 is 0 Å². The fourth-order valence-corrected chi connectivity index (χ4v) is 3.32. The summed E-state index contributed by atoms with van der Waals surface area (Å²) in [6, 6.07) is 2.53. The molecule has 7 nitrogen and oxygen atoms in total. The molecular weight excluding hydrogens is 329 g/mol. The third-order valence-corrected chi connectivity index (χ3v) is 4.59. The van der Waals surface area contributed by atoms with E-state index in [4.69, 9.17) is 4.74 Å². The van der Waals surface area contributed by atoms with Crippen LogP contribution >= 0.6 is 0 Å². The summed E-state index contributed by atoms with van der Waals surface area (Å²) in [5, 5.41) is 0. The molecule has 0 spiro atoms. The molecule has 0 atom stereocenters. The van der Waals surface area contributed by atoms with Crippen LogP contribution in [-0.2, 0) is 9.47 Å². The van der Waals surface area contributed by atoms with Crippen LogP contribution in [0.2, 0.25) is 0 Å². The molecule has 1 aromatic carbocycles. The van der Waals surface area contributed by atoms with Crippen LogP contribution in [0.25, 0.3) is 16.6 Å². The lowest BCUT2D eigenvalue weighted by molar-refractivity contribution is 0.0595. The Morgan fingerprint density at radius 1 is 1.36 bits per heavy atom. The third-order valence-electron chi connectivity index (χ3n) is 4.59. The number of aromatic amines is 1. The summed E-state index contributed by atoms with van der Waals surface area (Å²) >= 11 is 0. The van der Waals surface area contributed by atoms with Crippen LogP contribution in [0.5, 0.6) is 0 Å². The number of nitrogens with zero attached hydrogens (tertiary/aromatic N) is 2. The van der Waals surface area contributed by atoms with Gasteiger partial charge in [-0.3, -0.25) is 9.20 Å². The van der Waals surface area contributed by atoms with Crippen molar-refractivity contribution < 1.29 is 18.7 Å². The normalized spacial score (nSPS) is 15.8. The number of benzene rings is 1. The van der Waals surface area contributed by atoms with Gasteiger partial charge in [-0.15, -0.1) is 0 Å². The number of hydrogen-bond acceptors (Lipinski definition) is 5. The second kappa shape index (κ2) is 5.96. The van der Waals surface area contributed by atoms with Crippen LogP contribution in [0, 0.1) is 5.82 Å². The first-order valence-corrected chi connectivity index (χ1v) is 7.99. The maximum Gasteiger partial charge on any atom is 0.340 e. The van der Waals surface area contributed by atoms with E-state index in [1.165, 1.54) is 25.4 Å². The van der Waals surface area contributed by atoms with Crippen LogP contribution in [0.1, 0.15) is 34.9 Å². The highest BCUT2D eigenvalue weighted by Crippen LogP contribution is 2.28. The lowest BCUT2D eigenvalue weighted by Crippen LogP contribution is -2.18. The molecule has 130 valence electrons. The Balaban J connectivity index is 2.01. The SMILES string of the molecule is COC(=O)c1cc2[nH]c(=O)c3cnc(C4CCOCC4)n3c2cc1F. The Hall–Kier alpha value is -2.74.